The van der Waals surface area contributed by atoms with Crippen molar-refractivity contribution < 1.29 is 0 Å². The molecule has 0 spiro atoms. The molecule has 0 aliphatic carbocycles. The first-order valence-electron chi connectivity index (χ1n) is 5.97. The van der Waals surface area contributed by atoms with E-state index in [0.717, 1.165) is 27.4 Å². The molecule has 2 aromatic heterocycles. The summed E-state index contributed by atoms with van der Waals surface area (Å²) >= 11 is 13.6. The van der Waals surface area contributed by atoms with Gasteiger partial charge in [0.1, 0.15) is 10.5 Å². The lowest BCUT2D eigenvalue weighted by atomic mass is 10.2. The average Bonchev–Trinajstić information content (AvgIpc) is 2.78. The molecular weight excluding hydrogens is 313 g/mol. The highest BCUT2D eigenvalue weighted by molar-refractivity contribution is 7.98. The van der Waals surface area contributed by atoms with Gasteiger partial charge in [-0.1, -0.05) is 35.0 Å². The highest BCUT2D eigenvalue weighted by atomic mass is 35.5. The molecule has 0 unspecified atom stereocenters. The summed E-state index contributed by atoms with van der Waals surface area (Å²) in [5.41, 5.74) is 3.07. The summed E-state index contributed by atoms with van der Waals surface area (Å²) in [6, 6.07) is 7.52. The van der Waals surface area contributed by atoms with E-state index in [1.165, 1.54) is 0 Å². The summed E-state index contributed by atoms with van der Waals surface area (Å²) in [6.45, 7) is 0. The van der Waals surface area contributed by atoms with Gasteiger partial charge in [-0.05, 0) is 29.8 Å². The number of aryl methyl sites for hydroxylation is 1. The van der Waals surface area contributed by atoms with Gasteiger partial charge in [-0.3, -0.25) is 0 Å². The first-order valence-corrected chi connectivity index (χ1v) is 7.71. The largest absolute Gasteiger partial charge is 0.334 e. The van der Waals surface area contributed by atoms with Crippen LogP contribution in [-0.2, 0) is 12.8 Å². The Hall–Kier alpha value is -1.23. The van der Waals surface area contributed by atoms with Crippen LogP contribution >= 0.6 is 35.0 Å². The van der Waals surface area contributed by atoms with Crippen molar-refractivity contribution in [3.05, 3.63) is 52.4 Å². The molecule has 0 N–H and O–H groups in total. The van der Waals surface area contributed by atoms with Gasteiger partial charge in [-0.15, -0.1) is 0 Å². The number of halogens is 2. The van der Waals surface area contributed by atoms with Crippen LogP contribution in [0.15, 0.2) is 41.8 Å². The first kappa shape index (κ1) is 13.7. The van der Waals surface area contributed by atoms with Gasteiger partial charge in [-0.2, -0.15) is 0 Å². The summed E-state index contributed by atoms with van der Waals surface area (Å²) in [6.07, 6.45) is 3.60. The molecule has 3 nitrogen and oxygen atoms in total. The number of imidazole rings is 1. The Morgan fingerprint density at radius 1 is 1.15 bits per heavy atom. The van der Waals surface area contributed by atoms with E-state index in [1.54, 1.807) is 30.4 Å². The fourth-order valence-corrected chi connectivity index (χ4v) is 3.46. The molecule has 3 rings (SSSR count). The predicted octanol–water partition coefficient (Wildman–Crippen LogP) is 4.57. The van der Waals surface area contributed by atoms with Crippen molar-refractivity contribution in [1.82, 2.24) is 14.5 Å². The van der Waals surface area contributed by atoms with E-state index in [2.05, 4.69) is 9.97 Å². The van der Waals surface area contributed by atoms with Gasteiger partial charge in [0.2, 0.25) is 0 Å². The summed E-state index contributed by atoms with van der Waals surface area (Å²) in [5, 5.41) is 2.22. The standard InChI is InChI=1S/C14H11Cl2N3S/c1-19-8-18-13-12(19)2-3-17-14(13)20-7-9-4-10(15)6-11(16)5-9/h2-6,8H,7H2,1H3. The Balaban J connectivity index is 1.86. The maximum atomic E-state index is 6.01. The zero-order chi connectivity index (χ0) is 14.1. The van der Waals surface area contributed by atoms with Gasteiger partial charge < -0.3 is 4.57 Å². The second kappa shape index (κ2) is 5.64. The fraction of sp³-hybridized carbons (Fsp3) is 0.143. The normalized spacial score (nSPS) is 11.2. The van der Waals surface area contributed by atoms with Crippen molar-refractivity contribution in [3.63, 3.8) is 0 Å². The lowest BCUT2D eigenvalue weighted by Crippen LogP contribution is -1.87. The topological polar surface area (TPSA) is 30.7 Å². The van der Waals surface area contributed by atoms with Crippen molar-refractivity contribution >= 4 is 46.0 Å². The first-order chi connectivity index (χ1) is 9.63. The second-order valence-corrected chi connectivity index (χ2v) is 6.24. The van der Waals surface area contributed by atoms with E-state index in [1.807, 2.05) is 29.8 Å². The number of aromatic nitrogens is 3. The molecule has 0 bridgehead atoms. The highest BCUT2D eigenvalue weighted by Crippen LogP contribution is 2.29. The van der Waals surface area contributed by atoms with Crippen LogP contribution in [-0.4, -0.2) is 14.5 Å². The minimum atomic E-state index is 0.650. The summed E-state index contributed by atoms with van der Waals surface area (Å²) in [4.78, 5) is 8.79. The third-order valence-electron chi connectivity index (χ3n) is 2.91. The number of fused-ring (bicyclic) bond motifs is 1. The highest BCUT2D eigenvalue weighted by Gasteiger charge is 2.08. The molecule has 20 heavy (non-hydrogen) atoms. The minimum Gasteiger partial charge on any atom is -0.334 e. The van der Waals surface area contributed by atoms with Crippen LogP contribution in [0, 0.1) is 0 Å². The van der Waals surface area contributed by atoms with E-state index < -0.39 is 0 Å². The van der Waals surface area contributed by atoms with E-state index >= 15 is 0 Å². The molecule has 0 amide bonds. The van der Waals surface area contributed by atoms with E-state index in [4.69, 9.17) is 23.2 Å². The SMILES string of the molecule is Cn1cnc2c(SCc3cc(Cl)cc(Cl)c3)nccc21. The lowest BCUT2D eigenvalue weighted by molar-refractivity contribution is 0.947. The zero-order valence-corrected chi connectivity index (χ0v) is 13.0. The van der Waals surface area contributed by atoms with Crippen molar-refractivity contribution in [3.8, 4) is 0 Å². The van der Waals surface area contributed by atoms with Crippen molar-refractivity contribution in [2.24, 2.45) is 7.05 Å². The van der Waals surface area contributed by atoms with E-state index in [9.17, 15) is 0 Å². The Kier molecular flexibility index (Phi) is 3.87. The monoisotopic (exact) mass is 323 g/mol. The maximum absolute atomic E-state index is 6.01. The molecular formula is C14H11Cl2N3S. The van der Waals surface area contributed by atoms with Gasteiger partial charge in [0, 0.05) is 29.0 Å². The number of thioether (sulfide) groups is 1. The number of hydrogen-bond acceptors (Lipinski definition) is 3. The molecule has 102 valence electrons. The van der Waals surface area contributed by atoms with Crippen LogP contribution < -0.4 is 0 Å². The Morgan fingerprint density at radius 2 is 1.90 bits per heavy atom. The average molecular weight is 324 g/mol. The molecule has 0 saturated heterocycles. The predicted molar refractivity (Wildman–Crippen MR) is 84.5 cm³/mol. The summed E-state index contributed by atoms with van der Waals surface area (Å²) in [5.74, 6) is 0.753. The fourth-order valence-electron chi connectivity index (χ4n) is 1.99. The molecule has 1 aromatic carbocycles. The van der Waals surface area contributed by atoms with Gasteiger partial charge in [0.25, 0.3) is 0 Å². The smallest absolute Gasteiger partial charge is 0.124 e. The van der Waals surface area contributed by atoms with Gasteiger partial charge in [0.15, 0.2) is 0 Å². The molecule has 0 radical (unpaired) electrons. The van der Waals surface area contributed by atoms with Crippen LogP contribution in [0.3, 0.4) is 0 Å². The van der Waals surface area contributed by atoms with Gasteiger partial charge >= 0.3 is 0 Å². The van der Waals surface area contributed by atoms with E-state index in [0.29, 0.717) is 10.0 Å². The molecule has 3 aromatic rings. The number of hydrogen-bond donors (Lipinski definition) is 0. The van der Waals surface area contributed by atoms with Crippen LogP contribution in [0.5, 0.6) is 0 Å². The number of rotatable bonds is 3. The molecule has 6 heteroatoms. The third-order valence-corrected chi connectivity index (χ3v) is 4.39. The lowest BCUT2D eigenvalue weighted by Gasteiger charge is -2.04. The molecule has 0 saturated carbocycles. The molecule has 0 aliphatic rings. The zero-order valence-electron chi connectivity index (χ0n) is 10.7. The van der Waals surface area contributed by atoms with Crippen LogP contribution in [0.25, 0.3) is 11.0 Å². The third kappa shape index (κ3) is 2.77. The minimum absolute atomic E-state index is 0.650. The van der Waals surface area contributed by atoms with Crippen molar-refractivity contribution in [1.29, 1.82) is 0 Å². The van der Waals surface area contributed by atoms with Crippen LogP contribution in [0.1, 0.15) is 5.56 Å². The van der Waals surface area contributed by atoms with Crippen molar-refractivity contribution in [2.45, 2.75) is 10.8 Å². The number of benzene rings is 1. The molecule has 0 fully saturated rings. The Labute approximate surface area is 130 Å². The van der Waals surface area contributed by atoms with Gasteiger partial charge in [0.05, 0.1) is 11.8 Å². The Morgan fingerprint density at radius 3 is 2.65 bits per heavy atom. The van der Waals surface area contributed by atoms with E-state index in [-0.39, 0.29) is 0 Å². The van der Waals surface area contributed by atoms with Crippen LogP contribution in [0.4, 0.5) is 0 Å². The number of nitrogens with zero attached hydrogens (tertiary/aromatic N) is 3. The molecule has 2 heterocycles. The maximum Gasteiger partial charge on any atom is 0.124 e. The van der Waals surface area contributed by atoms with Crippen molar-refractivity contribution in [2.75, 3.05) is 0 Å². The quantitative estimate of drug-likeness (QED) is 0.661. The second-order valence-electron chi connectivity index (χ2n) is 4.41. The summed E-state index contributed by atoms with van der Waals surface area (Å²) in [7, 11) is 1.97. The molecule has 0 atom stereocenters. The molecule has 0 aliphatic heterocycles. The number of pyridine rings is 1. The summed E-state index contributed by atoms with van der Waals surface area (Å²) < 4.78 is 1.98. The van der Waals surface area contributed by atoms with Gasteiger partial charge in [-0.25, -0.2) is 9.97 Å². The van der Waals surface area contributed by atoms with Crippen LogP contribution in [0.2, 0.25) is 10.0 Å². The Bertz CT molecular complexity index is 750.